The lowest BCUT2D eigenvalue weighted by Gasteiger charge is -2.31. The first-order valence-electron chi connectivity index (χ1n) is 6.93. The van der Waals surface area contributed by atoms with Crippen LogP contribution in [0.4, 0.5) is 4.39 Å². The summed E-state index contributed by atoms with van der Waals surface area (Å²) in [6, 6.07) is 4.43. The summed E-state index contributed by atoms with van der Waals surface area (Å²) in [5, 5.41) is 0.434. The van der Waals surface area contributed by atoms with Crippen LogP contribution in [0.2, 0.25) is 5.02 Å². The number of nitrogens with zero attached hydrogens (tertiary/aromatic N) is 1. The first-order chi connectivity index (χ1) is 9.60. The number of halogens is 2. The van der Waals surface area contributed by atoms with Crippen LogP contribution in [0.5, 0.6) is 0 Å². The van der Waals surface area contributed by atoms with E-state index in [1.807, 2.05) is 6.92 Å². The minimum absolute atomic E-state index is 0.0667. The number of hydrogen-bond acceptors (Lipinski definition) is 3. The Morgan fingerprint density at radius 1 is 1.55 bits per heavy atom. The third kappa shape index (κ3) is 3.93. The van der Waals surface area contributed by atoms with Crippen molar-refractivity contribution in [3.05, 3.63) is 34.6 Å². The summed E-state index contributed by atoms with van der Waals surface area (Å²) < 4.78 is 18.1. The van der Waals surface area contributed by atoms with Crippen molar-refractivity contribution in [2.45, 2.75) is 26.3 Å². The van der Waals surface area contributed by atoms with E-state index in [2.05, 4.69) is 4.90 Å². The molecule has 1 aliphatic rings. The number of esters is 1. The fraction of sp³-hybridized carbons (Fsp3) is 0.533. The van der Waals surface area contributed by atoms with Crippen molar-refractivity contribution in [3.8, 4) is 0 Å². The van der Waals surface area contributed by atoms with E-state index in [9.17, 15) is 9.18 Å². The van der Waals surface area contributed by atoms with Gasteiger partial charge in [0.15, 0.2) is 0 Å². The fourth-order valence-electron chi connectivity index (χ4n) is 2.54. The van der Waals surface area contributed by atoms with Gasteiger partial charge < -0.3 is 4.74 Å². The summed E-state index contributed by atoms with van der Waals surface area (Å²) in [5.74, 6) is -0.521. The molecule has 0 bridgehead atoms. The molecule has 1 aromatic rings. The van der Waals surface area contributed by atoms with Crippen LogP contribution in [0.3, 0.4) is 0 Å². The van der Waals surface area contributed by atoms with Crippen molar-refractivity contribution in [1.82, 2.24) is 4.90 Å². The molecule has 1 aliphatic heterocycles. The maximum absolute atomic E-state index is 13.0. The molecule has 1 saturated heterocycles. The lowest BCUT2D eigenvalue weighted by Crippen LogP contribution is -2.39. The maximum atomic E-state index is 13.0. The third-order valence-electron chi connectivity index (χ3n) is 3.53. The third-order valence-corrected chi connectivity index (χ3v) is 3.89. The highest BCUT2D eigenvalue weighted by atomic mass is 35.5. The molecule has 2 rings (SSSR count). The molecule has 0 saturated carbocycles. The molecular formula is C15H19ClFNO2. The highest BCUT2D eigenvalue weighted by Crippen LogP contribution is 2.23. The van der Waals surface area contributed by atoms with Gasteiger partial charge in [0.25, 0.3) is 0 Å². The zero-order chi connectivity index (χ0) is 14.5. The lowest BCUT2D eigenvalue weighted by molar-refractivity contribution is -0.150. The van der Waals surface area contributed by atoms with E-state index >= 15 is 0 Å². The molecule has 1 aromatic carbocycles. The quantitative estimate of drug-likeness (QED) is 0.799. The number of carbonyl (C=O) groups excluding carboxylic acids is 1. The molecule has 0 spiro atoms. The fourth-order valence-corrected chi connectivity index (χ4v) is 2.77. The summed E-state index contributed by atoms with van der Waals surface area (Å²) in [6.07, 6.45) is 1.83. The number of hydrogen-bond donors (Lipinski definition) is 0. The predicted molar refractivity (Wildman–Crippen MR) is 76.0 cm³/mol. The number of carbonyl (C=O) groups is 1. The van der Waals surface area contributed by atoms with Gasteiger partial charge in [-0.15, -0.1) is 0 Å². The molecular weight excluding hydrogens is 281 g/mol. The number of benzene rings is 1. The molecule has 3 nitrogen and oxygen atoms in total. The first-order valence-corrected chi connectivity index (χ1v) is 7.31. The van der Waals surface area contributed by atoms with E-state index in [-0.39, 0.29) is 17.7 Å². The Kier molecular flexibility index (Phi) is 5.38. The largest absolute Gasteiger partial charge is 0.466 e. The van der Waals surface area contributed by atoms with E-state index < -0.39 is 0 Å². The standard InChI is InChI=1S/C15H19ClFNO2/c1-2-20-15(19)12-4-3-7-18(10-12)9-11-5-6-13(17)8-14(11)16/h5-6,8,12H,2-4,7,9-10H2,1H3/t12-/m0/s1. The second kappa shape index (κ2) is 7.04. The topological polar surface area (TPSA) is 29.5 Å². The SMILES string of the molecule is CCOC(=O)[C@H]1CCCN(Cc2ccc(F)cc2Cl)C1. The van der Waals surface area contributed by atoms with Crippen molar-refractivity contribution in [1.29, 1.82) is 0 Å². The maximum Gasteiger partial charge on any atom is 0.310 e. The molecule has 1 heterocycles. The van der Waals surface area contributed by atoms with Gasteiger partial charge in [-0.25, -0.2) is 4.39 Å². The molecule has 0 aromatic heterocycles. The highest BCUT2D eigenvalue weighted by Gasteiger charge is 2.27. The molecule has 1 atom stereocenters. The molecule has 0 unspecified atom stereocenters. The lowest BCUT2D eigenvalue weighted by atomic mass is 9.97. The van der Waals surface area contributed by atoms with Crippen molar-refractivity contribution < 1.29 is 13.9 Å². The van der Waals surface area contributed by atoms with Gasteiger partial charge in [0.2, 0.25) is 0 Å². The smallest absolute Gasteiger partial charge is 0.310 e. The molecule has 5 heteroatoms. The Morgan fingerprint density at radius 2 is 2.35 bits per heavy atom. The highest BCUT2D eigenvalue weighted by molar-refractivity contribution is 6.31. The molecule has 0 aliphatic carbocycles. The molecule has 20 heavy (non-hydrogen) atoms. The van der Waals surface area contributed by atoms with Crippen LogP contribution in [0.1, 0.15) is 25.3 Å². The zero-order valence-electron chi connectivity index (χ0n) is 11.6. The van der Waals surface area contributed by atoms with Crippen LogP contribution in [-0.4, -0.2) is 30.6 Å². The molecule has 110 valence electrons. The molecule has 0 radical (unpaired) electrons. The number of likely N-dealkylation sites (tertiary alicyclic amines) is 1. The van der Waals surface area contributed by atoms with Crippen molar-refractivity contribution in [3.63, 3.8) is 0 Å². The van der Waals surface area contributed by atoms with E-state index in [0.29, 0.717) is 24.7 Å². The van der Waals surface area contributed by atoms with Crippen molar-refractivity contribution in [2.24, 2.45) is 5.92 Å². The average molecular weight is 300 g/mol. The number of ether oxygens (including phenoxy) is 1. The van der Waals surface area contributed by atoms with Gasteiger partial charge in [-0.05, 0) is 44.0 Å². The predicted octanol–water partition coefficient (Wildman–Crippen LogP) is 3.25. The summed E-state index contributed by atoms with van der Waals surface area (Å²) in [4.78, 5) is 14.0. The van der Waals surface area contributed by atoms with Gasteiger partial charge in [-0.3, -0.25) is 9.69 Å². The minimum Gasteiger partial charge on any atom is -0.466 e. The van der Waals surface area contributed by atoms with E-state index in [1.165, 1.54) is 12.1 Å². The minimum atomic E-state index is -0.332. The zero-order valence-corrected chi connectivity index (χ0v) is 12.3. The number of rotatable bonds is 4. The molecule has 1 fully saturated rings. The molecule has 0 N–H and O–H groups in total. The van der Waals surface area contributed by atoms with Gasteiger partial charge in [0.1, 0.15) is 5.82 Å². The van der Waals surface area contributed by atoms with E-state index in [4.69, 9.17) is 16.3 Å². The summed E-state index contributed by atoms with van der Waals surface area (Å²) in [5.41, 5.74) is 0.887. The Labute approximate surface area is 123 Å². The van der Waals surface area contributed by atoms with E-state index in [0.717, 1.165) is 24.9 Å². The van der Waals surface area contributed by atoms with Crippen LogP contribution in [0.25, 0.3) is 0 Å². The number of piperidine rings is 1. The first kappa shape index (κ1) is 15.3. The van der Waals surface area contributed by atoms with E-state index in [1.54, 1.807) is 6.07 Å². The Bertz CT molecular complexity index is 481. The van der Waals surface area contributed by atoms with Crippen LogP contribution in [-0.2, 0) is 16.1 Å². The summed E-state index contributed by atoms with van der Waals surface area (Å²) in [7, 11) is 0. The van der Waals surface area contributed by atoms with Crippen LogP contribution < -0.4 is 0 Å². The Hall–Kier alpha value is -1.13. The monoisotopic (exact) mass is 299 g/mol. The summed E-state index contributed by atoms with van der Waals surface area (Å²) in [6.45, 7) is 4.46. The Morgan fingerprint density at radius 3 is 3.05 bits per heavy atom. The van der Waals surface area contributed by atoms with Crippen molar-refractivity contribution >= 4 is 17.6 Å². The Balaban J connectivity index is 1.97. The van der Waals surface area contributed by atoms with Crippen LogP contribution in [0, 0.1) is 11.7 Å². The van der Waals surface area contributed by atoms with Crippen LogP contribution >= 0.6 is 11.6 Å². The summed E-state index contributed by atoms with van der Waals surface area (Å²) >= 11 is 6.04. The normalized spacial score (nSPS) is 19.9. The second-order valence-electron chi connectivity index (χ2n) is 5.06. The van der Waals surface area contributed by atoms with Crippen LogP contribution in [0.15, 0.2) is 18.2 Å². The van der Waals surface area contributed by atoms with Gasteiger partial charge in [-0.1, -0.05) is 17.7 Å². The van der Waals surface area contributed by atoms with Crippen molar-refractivity contribution in [2.75, 3.05) is 19.7 Å². The van der Waals surface area contributed by atoms with Gasteiger partial charge in [-0.2, -0.15) is 0 Å². The van der Waals surface area contributed by atoms with Gasteiger partial charge in [0.05, 0.1) is 12.5 Å². The van der Waals surface area contributed by atoms with Gasteiger partial charge in [0, 0.05) is 18.1 Å². The molecule has 0 amide bonds. The van der Waals surface area contributed by atoms with Gasteiger partial charge >= 0.3 is 5.97 Å². The second-order valence-corrected chi connectivity index (χ2v) is 5.47. The average Bonchev–Trinajstić information content (AvgIpc) is 2.43.